The van der Waals surface area contributed by atoms with Crippen molar-refractivity contribution < 1.29 is 19.1 Å². The van der Waals surface area contributed by atoms with E-state index in [1.807, 2.05) is 13.8 Å². The van der Waals surface area contributed by atoms with Crippen LogP contribution in [0.2, 0.25) is 0 Å². The molecule has 2 unspecified atom stereocenters. The summed E-state index contributed by atoms with van der Waals surface area (Å²) in [5.74, 6) is -0.777. The molecule has 0 spiro atoms. The van der Waals surface area contributed by atoms with Crippen LogP contribution in [0.4, 0.5) is 0 Å². The lowest BCUT2D eigenvalue weighted by atomic mass is 9.96. The van der Waals surface area contributed by atoms with Crippen molar-refractivity contribution in [1.82, 2.24) is 0 Å². The van der Waals surface area contributed by atoms with Crippen LogP contribution in [0.5, 0.6) is 0 Å². The van der Waals surface area contributed by atoms with E-state index in [-0.39, 0.29) is 11.9 Å². The molecular weight excluding hydrogens is 292 g/mol. The summed E-state index contributed by atoms with van der Waals surface area (Å²) >= 11 is 0. The first-order valence-electron chi connectivity index (χ1n) is 8.98. The molecule has 0 amide bonds. The fourth-order valence-corrected chi connectivity index (χ4v) is 2.85. The molecule has 4 nitrogen and oxygen atoms in total. The number of carbonyl (C=O) groups is 2. The zero-order valence-corrected chi connectivity index (χ0v) is 15.1. The number of allylic oxidation sites excluding steroid dienone is 2. The quantitative estimate of drug-likeness (QED) is 0.336. The Morgan fingerprint density at radius 1 is 1.26 bits per heavy atom. The summed E-state index contributed by atoms with van der Waals surface area (Å²) in [5.41, 5.74) is -0.535. The summed E-state index contributed by atoms with van der Waals surface area (Å²) in [6.45, 7) is 7.90. The maximum Gasteiger partial charge on any atom is 0.348 e. The van der Waals surface area contributed by atoms with E-state index < -0.39 is 17.7 Å². The second kappa shape index (κ2) is 9.74. The third-order valence-corrected chi connectivity index (χ3v) is 4.09. The maximum absolute atomic E-state index is 12.4. The lowest BCUT2D eigenvalue weighted by molar-refractivity contribution is -0.165. The Morgan fingerprint density at radius 3 is 2.52 bits per heavy atom. The molecule has 0 aromatic heterocycles. The molecule has 0 bridgehead atoms. The maximum atomic E-state index is 12.4. The lowest BCUT2D eigenvalue weighted by Gasteiger charge is -2.17. The van der Waals surface area contributed by atoms with Gasteiger partial charge in [0, 0.05) is 6.42 Å². The number of cyclic esters (lactones) is 1. The Hall–Kier alpha value is -1.32. The number of hydrogen-bond acceptors (Lipinski definition) is 4. The van der Waals surface area contributed by atoms with Crippen molar-refractivity contribution in [2.24, 2.45) is 5.92 Å². The van der Waals surface area contributed by atoms with Crippen LogP contribution >= 0.6 is 0 Å². The van der Waals surface area contributed by atoms with Crippen molar-refractivity contribution in [3.63, 3.8) is 0 Å². The van der Waals surface area contributed by atoms with Crippen LogP contribution in [0.3, 0.4) is 0 Å². The average Bonchev–Trinajstić information content (AvgIpc) is 2.73. The van der Waals surface area contributed by atoms with Gasteiger partial charge in [-0.1, -0.05) is 38.8 Å². The van der Waals surface area contributed by atoms with Crippen LogP contribution in [0.15, 0.2) is 12.2 Å². The highest BCUT2D eigenvalue weighted by molar-refractivity contribution is 5.82. The van der Waals surface area contributed by atoms with Gasteiger partial charge < -0.3 is 9.47 Å². The van der Waals surface area contributed by atoms with Crippen molar-refractivity contribution in [2.45, 2.75) is 90.8 Å². The molecule has 1 heterocycles. The summed E-state index contributed by atoms with van der Waals surface area (Å²) in [7, 11) is 0. The van der Waals surface area contributed by atoms with Crippen LogP contribution in [-0.4, -0.2) is 23.6 Å². The SMILES string of the molecule is CCC/C=C/CCCC(CCC)C(=O)OC1CC(C)(C)OC1=O. The summed E-state index contributed by atoms with van der Waals surface area (Å²) in [4.78, 5) is 24.1. The number of hydrogen-bond donors (Lipinski definition) is 0. The molecule has 1 fully saturated rings. The van der Waals surface area contributed by atoms with Crippen LogP contribution in [0, 0.1) is 5.92 Å². The van der Waals surface area contributed by atoms with Crippen molar-refractivity contribution in [1.29, 1.82) is 0 Å². The molecule has 1 saturated heterocycles. The van der Waals surface area contributed by atoms with E-state index in [1.165, 1.54) is 0 Å². The number of ether oxygens (including phenoxy) is 2. The Balaban J connectivity index is 2.43. The zero-order valence-electron chi connectivity index (χ0n) is 15.1. The minimum absolute atomic E-state index is 0.115. The van der Waals surface area contributed by atoms with Crippen LogP contribution in [-0.2, 0) is 19.1 Å². The molecule has 4 heteroatoms. The topological polar surface area (TPSA) is 52.6 Å². The van der Waals surface area contributed by atoms with E-state index in [9.17, 15) is 9.59 Å². The molecule has 132 valence electrons. The summed E-state index contributed by atoms with van der Waals surface area (Å²) in [6.07, 6.45) is 10.9. The molecule has 0 N–H and O–H groups in total. The molecule has 2 atom stereocenters. The Kier molecular flexibility index (Phi) is 8.35. The average molecular weight is 324 g/mol. The van der Waals surface area contributed by atoms with Gasteiger partial charge in [-0.05, 0) is 46.0 Å². The minimum Gasteiger partial charge on any atom is -0.457 e. The third kappa shape index (κ3) is 7.19. The standard InChI is InChI=1S/C19H32O4/c1-5-7-8-9-10-11-13-15(12-6-2)17(20)22-16-14-19(3,4)23-18(16)21/h8-9,15-16H,5-7,10-14H2,1-4H3/b9-8+. The smallest absolute Gasteiger partial charge is 0.348 e. The highest BCUT2D eigenvalue weighted by Crippen LogP contribution is 2.29. The van der Waals surface area contributed by atoms with E-state index in [4.69, 9.17) is 9.47 Å². The molecule has 0 saturated carbocycles. The van der Waals surface area contributed by atoms with Gasteiger partial charge in [-0.2, -0.15) is 0 Å². The largest absolute Gasteiger partial charge is 0.457 e. The van der Waals surface area contributed by atoms with Gasteiger partial charge in [0.2, 0.25) is 6.10 Å². The van der Waals surface area contributed by atoms with Crippen LogP contribution < -0.4 is 0 Å². The van der Waals surface area contributed by atoms with Gasteiger partial charge in [0.1, 0.15) is 5.60 Å². The first-order valence-corrected chi connectivity index (χ1v) is 8.98. The van der Waals surface area contributed by atoms with E-state index in [1.54, 1.807) is 0 Å². The number of carbonyl (C=O) groups excluding carboxylic acids is 2. The molecule has 0 aromatic carbocycles. The Bertz CT molecular complexity index is 412. The van der Waals surface area contributed by atoms with Gasteiger partial charge >= 0.3 is 11.9 Å². The van der Waals surface area contributed by atoms with E-state index in [2.05, 4.69) is 26.0 Å². The first-order chi connectivity index (χ1) is 10.9. The molecule has 0 aromatic rings. The zero-order chi connectivity index (χ0) is 17.3. The highest BCUT2D eigenvalue weighted by Gasteiger charge is 2.43. The first kappa shape index (κ1) is 19.7. The summed E-state index contributed by atoms with van der Waals surface area (Å²) < 4.78 is 10.7. The van der Waals surface area contributed by atoms with E-state index in [0.29, 0.717) is 6.42 Å². The van der Waals surface area contributed by atoms with Gasteiger partial charge in [-0.3, -0.25) is 4.79 Å². The van der Waals surface area contributed by atoms with Crippen LogP contribution in [0.25, 0.3) is 0 Å². The van der Waals surface area contributed by atoms with Crippen molar-refractivity contribution in [3.05, 3.63) is 12.2 Å². The molecule has 1 aliphatic rings. The molecule has 23 heavy (non-hydrogen) atoms. The summed E-state index contributed by atoms with van der Waals surface area (Å²) in [6, 6.07) is 0. The Labute approximate surface area is 140 Å². The fourth-order valence-electron chi connectivity index (χ4n) is 2.85. The minimum atomic E-state index is -0.735. The van der Waals surface area contributed by atoms with Gasteiger partial charge in [0.15, 0.2) is 0 Å². The van der Waals surface area contributed by atoms with E-state index in [0.717, 1.165) is 44.9 Å². The van der Waals surface area contributed by atoms with Crippen LogP contribution in [0.1, 0.15) is 79.1 Å². The molecule has 1 rings (SSSR count). The second-order valence-corrected chi connectivity index (χ2v) is 6.99. The summed E-state index contributed by atoms with van der Waals surface area (Å²) in [5, 5.41) is 0. The van der Waals surface area contributed by atoms with Gasteiger partial charge in [0.25, 0.3) is 0 Å². The fraction of sp³-hybridized carbons (Fsp3) is 0.789. The Morgan fingerprint density at radius 2 is 1.96 bits per heavy atom. The van der Waals surface area contributed by atoms with E-state index >= 15 is 0 Å². The predicted octanol–water partition coefficient (Wildman–Crippen LogP) is 4.57. The van der Waals surface area contributed by atoms with Crippen molar-refractivity contribution in [2.75, 3.05) is 0 Å². The van der Waals surface area contributed by atoms with Crippen molar-refractivity contribution in [3.8, 4) is 0 Å². The molecular formula is C19H32O4. The second-order valence-electron chi connectivity index (χ2n) is 6.99. The molecule has 0 radical (unpaired) electrons. The monoisotopic (exact) mass is 324 g/mol. The van der Waals surface area contributed by atoms with Gasteiger partial charge in [-0.15, -0.1) is 0 Å². The third-order valence-electron chi connectivity index (χ3n) is 4.09. The predicted molar refractivity (Wildman–Crippen MR) is 91.0 cm³/mol. The van der Waals surface area contributed by atoms with Gasteiger partial charge in [0.05, 0.1) is 5.92 Å². The number of esters is 2. The number of unbranched alkanes of at least 4 members (excludes halogenated alkanes) is 2. The molecule has 0 aliphatic carbocycles. The highest BCUT2D eigenvalue weighted by atomic mass is 16.6. The van der Waals surface area contributed by atoms with Crippen molar-refractivity contribution >= 4 is 11.9 Å². The normalized spacial score (nSPS) is 21.4. The van der Waals surface area contributed by atoms with Gasteiger partial charge in [-0.25, -0.2) is 4.79 Å². The lowest BCUT2D eigenvalue weighted by Crippen LogP contribution is -2.27. The number of rotatable bonds is 10. The molecule has 1 aliphatic heterocycles.